The van der Waals surface area contributed by atoms with Crippen LogP contribution in [0.5, 0.6) is 0 Å². The first-order valence-electron chi connectivity index (χ1n) is 5.29. The van der Waals surface area contributed by atoms with Crippen LogP contribution in [0.25, 0.3) is 0 Å². The number of aryl methyl sites for hydroxylation is 1. The zero-order chi connectivity index (χ0) is 10.8. The van der Waals surface area contributed by atoms with Crippen molar-refractivity contribution in [2.24, 2.45) is 5.73 Å². The first-order chi connectivity index (χ1) is 7.24. The molecule has 1 fully saturated rings. The van der Waals surface area contributed by atoms with Gasteiger partial charge in [-0.2, -0.15) is 0 Å². The van der Waals surface area contributed by atoms with Crippen LogP contribution >= 0.6 is 12.4 Å². The predicted molar refractivity (Wildman–Crippen MR) is 63.8 cm³/mol. The first kappa shape index (κ1) is 13.1. The van der Waals surface area contributed by atoms with E-state index in [0.717, 1.165) is 24.9 Å². The molecule has 1 unspecified atom stereocenters. The second-order valence-electron chi connectivity index (χ2n) is 3.96. The van der Waals surface area contributed by atoms with Crippen molar-refractivity contribution in [1.82, 2.24) is 4.90 Å². The maximum atomic E-state index is 12.1. The summed E-state index contributed by atoms with van der Waals surface area (Å²) in [6.45, 7) is 3.20. The van der Waals surface area contributed by atoms with E-state index in [1.54, 1.807) is 12.3 Å². The number of hydrogen-bond donors (Lipinski definition) is 1. The lowest BCUT2D eigenvalue weighted by molar-refractivity contribution is 0.0708. The lowest BCUT2D eigenvalue weighted by atomic mass is 10.2. The average Bonchev–Trinajstić information content (AvgIpc) is 2.84. The van der Waals surface area contributed by atoms with Gasteiger partial charge in [0.2, 0.25) is 0 Å². The van der Waals surface area contributed by atoms with Crippen molar-refractivity contribution in [3.8, 4) is 0 Å². The van der Waals surface area contributed by atoms with Crippen LogP contribution in [-0.4, -0.2) is 29.9 Å². The maximum absolute atomic E-state index is 12.1. The molecule has 1 saturated heterocycles. The van der Waals surface area contributed by atoms with Crippen LogP contribution in [0.2, 0.25) is 0 Å². The zero-order valence-electron chi connectivity index (χ0n) is 9.31. The van der Waals surface area contributed by atoms with Crippen molar-refractivity contribution >= 4 is 18.3 Å². The summed E-state index contributed by atoms with van der Waals surface area (Å²) in [6, 6.07) is 1.99. The van der Waals surface area contributed by atoms with Gasteiger partial charge < -0.3 is 15.1 Å². The van der Waals surface area contributed by atoms with Gasteiger partial charge >= 0.3 is 0 Å². The molecule has 4 nitrogen and oxygen atoms in total. The molecule has 90 valence electrons. The third-order valence-electron chi connectivity index (χ3n) is 2.97. The Morgan fingerprint density at radius 1 is 1.69 bits per heavy atom. The number of carbonyl (C=O) groups is 1. The molecule has 2 rings (SSSR count). The monoisotopic (exact) mass is 244 g/mol. The summed E-state index contributed by atoms with van der Waals surface area (Å²) in [5.41, 5.74) is 6.52. The number of rotatable bonds is 2. The van der Waals surface area contributed by atoms with E-state index in [4.69, 9.17) is 10.2 Å². The minimum absolute atomic E-state index is 0. The number of carbonyl (C=O) groups excluding carboxylic acids is 1. The average molecular weight is 245 g/mol. The van der Waals surface area contributed by atoms with E-state index in [2.05, 4.69) is 0 Å². The van der Waals surface area contributed by atoms with E-state index in [-0.39, 0.29) is 24.4 Å². The van der Waals surface area contributed by atoms with Gasteiger partial charge in [-0.15, -0.1) is 12.4 Å². The molecule has 1 atom stereocenters. The predicted octanol–water partition coefficient (Wildman–Crippen LogP) is 1.57. The highest BCUT2D eigenvalue weighted by Crippen LogP contribution is 2.21. The summed E-state index contributed by atoms with van der Waals surface area (Å²) in [4.78, 5) is 13.9. The van der Waals surface area contributed by atoms with Gasteiger partial charge in [-0.25, -0.2) is 0 Å². The van der Waals surface area contributed by atoms with Crippen LogP contribution in [-0.2, 0) is 0 Å². The Hall–Kier alpha value is -1.00. The Morgan fingerprint density at radius 2 is 2.44 bits per heavy atom. The molecule has 0 bridgehead atoms. The van der Waals surface area contributed by atoms with Crippen molar-refractivity contribution < 1.29 is 9.21 Å². The molecule has 1 aliphatic heterocycles. The first-order valence-corrected chi connectivity index (χ1v) is 5.29. The number of hydrogen-bond acceptors (Lipinski definition) is 3. The standard InChI is InChI=1S/C11H16N2O2.ClH/c1-8-4-6-15-10(8)11(14)13-5-2-3-9(13)7-12;/h4,6,9H,2-3,5,7,12H2,1H3;1H. The summed E-state index contributed by atoms with van der Waals surface area (Å²) >= 11 is 0. The zero-order valence-corrected chi connectivity index (χ0v) is 10.1. The van der Waals surface area contributed by atoms with E-state index >= 15 is 0 Å². The lowest BCUT2D eigenvalue weighted by Gasteiger charge is -2.22. The number of amides is 1. The third-order valence-corrected chi connectivity index (χ3v) is 2.97. The van der Waals surface area contributed by atoms with Gasteiger partial charge in [0.25, 0.3) is 5.91 Å². The molecule has 5 heteroatoms. The Balaban J connectivity index is 0.00000128. The minimum atomic E-state index is -0.0227. The van der Waals surface area contributed by atoms with Crippen molar-refractivity contribution in [3.63, 3.8) is 0 Å². The molecule has 0 spiro atoms. The second kappa shape index (κ2) is 5.37. The SMILES string of the molecule is Cc1ccoc1C(=O)N1CCCC1CN.Cl. The minimum Gasteiger partial charge on any atom is -0.459 e. The van der Waals surface area contributed by atoms with E-state index in [0.29, 0.717) is 12.3 Å². The van der Waals surface area contributed by atoms with Gasteiger partial charge in [0, 0.05) is 24.7 Å². The van der Waals surface area contributed by atoms with Gasteiger partial charge in [0.15, 0.2) is 5.76 Å². The molecule has 1 aliphatic rings. The van der Waals surface area contributed by atoms with Gasteiger partial charge in [0.1, 0.15) is 0 Å². The molecular weight excluding hydrogens is 228 g/mol. The summed E-state index contributed by atoms with van der Waals surface area (Å²) in [5.74, 6) is 0.431. The highest BCUT2D eigenvalue weighted by atomic mass is 35.5. The highest BCUT2D eigenvalue weighted by molar-refractivity contribution is 5.93. The Bertz CT molecular complexity index is 365. The molecule has 16 heavy (non-hydrogen) atoms. The van der Waals surface area contributed by atoms with Gasteiger partial charge in [0.05, 0.1) is 6.26 Å². The van der Waals surface area contributed by atoms with Gasteiger partial charge in [-0.05, 0) is 25.8 Å². The Labute approximate surface area is 101 Å². The molecule has 1 aromatic heterocycles. The van der Waals surface area contributed by atoms with Crippen LogP contribution in [0.4, 0.5) is 0 Å². The fourth-order valence-electron chi connectivity index (χ4n) is 2.07. The second-order valence-corrected chi connectivity index (χ2v) is 3.96. The molecule has 2 heterocycles. The van der Waals surface area contributed by atoms with Gasteiger partial charge in [-0.1, -0.05) is 0 Å². The summed E-state index contributed by atoms with van der Waals surface area (Å²) < 4.78 is 5.20. The molecule has 2 N–H and O–H groups in total. The normalized spacial score (nSPS) is 19.6. The van der Waals surface area contributed by atoms with Crippen LogP contribution in [0, 0.1) is 6.92 Å². The van der Waals surface area contributed by atoms with Crippen LogP contribution < -0.4 is 5.73 Å². The van der Waals surface area contributed by atoms with Crippen molar-refractivity contribution in [2.75, 3.05) is 13.1 Å². The number of furan rings is 1. The van der Waals surface area contributed by atoms with E-state index in [1.807, 2.05) is 11.8 Å². The lowest BCUT2D eigenvalue weighted by Crippen LogP contribution is -2.39. The largest absolute Gasteiger partial charge is 0.459 e. The fraction of sp³-hybridized carbons (Fsp3) is 0.545. The summed E-state index contributed by atoms with van der Waals surface area (Å²) in [7, 11) is 0. The van der Waals surface area contributed by atoms with Crippen LogP contribution in [0.3, 0.4) is 0 Å². The Kier molecular flexibility index (Phi) is 4.38. The van der Waals surface area contributed by atoms with Crippen LogP contribution in [0.1, 0.15) is 29.0 Å². The van der Waals surface area contributed by atoms with E-state index < -0.39 is 0 Å². The molecule has 1 aromatic rings. The van der Waals surface area contributed by atoms with Gasteiger partial charge in [-0.3, -0.25) is 4.79 Å². The smallest absolute Gasteiger partial charge is 0.290 e. The molecule has 1 amide bonds. The molecule has 0 radical (unpaired) electrons. The number of halogens is 1. The topological polar surface area (TPSA) is 59.5 Å². The molecule has 0 saturated carbocycles. The molecule has 0 aromatic carbocycles. The van der Waals surface area contributed by atoms with Crippen molar-refractivity contribution in [3.05, 3.63) is 23.7 Å². The number of nitrogens with two attached hydrogens (primary N) is 1. The molecule has 0 aliphatic carbocycles. The van der Waals surface area contributed by atoms with Crippen molar-refractivity contribution in [2.45, 2.75) is 25.8 Å². The summed E-state index contributed by atoms with van der Waals surface area (Å²) in [6.07, 6.45) is 3.59. The number of nitrogens with zero attached hydrogens (tertiary/aromatic N) is 1. The van der Waals surface area contributed by atoms with Crippen molar-refractivity contribution in [1.29, 1.82) is 0 Å². The maximum Gasteiger partial charge on any atom is 0.290 e. The fourth-order valence-corrected chi connectivity index (χ4v) is 2.07. The van der Waals surface area contributed by atoms with E-state index in [1.165, 1.54) is 0 Å². The quantitative estimate of drug-likeness (QED) is 0.859. The van der Waals surface area contributed by atoms with E-state index in [9.17, 15) is 4.79 Å². The van der Waals surface area contributed by atoms with Crippen LogP contribution in [0.15, 0.2) is 16.7 Å². The third kappa shape index (κ3) is 2.23. The number of likely N-dealkylation sites (tertiary alicyclic amines) is 1. The Morgan fingerprint density at radius 3 is 3.00 bits per heavy atom. The highest BCUT2D eigenvalue weighted by Gasteiger charge is 2.30. The summed E-state index contributed by atoms with van der Waals surface area (Å²) in [5, 5.41) is 0. The molecular formula is C11H17ClN2O2.